The number of carboxylic acid groups (broad SMARTS) is 1. The summed E-state index contributed by atoms with van der Waals surface area (Å²) in [4.78, 5) is 36.5. The molecular formula is C18H14ClN2O5S-. The quantitative estimate of drug-likeness (QED) is 0.572. The Morgan fingerprint density at radius 2 is 1.96 bits per heavy atom. The van der Waals surface area contributed by atoms with E-state index < -0.39 is 28.2 Å². The van der Waals surface area contributed by atoms with Crippen LogP contribution in [0.5, 0.6) is 0 Å². The summed E-state index contributed by atoms with van der Waals surface area (Å²) in [6, 6.07) is 9.76. The summed E-state index contributed by atoms with van der Waals surface area (Å²) in [6.45, 7) is 1.56. The highest BCUT2D eigenvalue weighted by atomic mass is 35.5. The first-order chi connectivity index (χ1) is 12.8. The molecule has 1 saturated heterocycles. The van der Waals surface area contributed by atoms with Gasteiger partial charge in [-0.15, -0.1) is 11.8 Å². The SMILES string of the molecule is Cc1ccc(C(=O)N2[C@@H](c3ccccc3Cl)SC[C@H]2C(=O)[O-])cc1[N+](=O)[O-]. The van der Waals surface area contributed by atoms with Crippen LogP contribution in [0.15, 0.2) is 42.5 Å². The van der Waals surface area contributed by atoms with Crippen molar-refractivity contribution in [3.8, 4) is 0 Å². The number of hydrogen-bond donors (Lipinski definition) is 0. The molecule has 1 aliphatic heterocycles. The summed E-state index contributed by atoms with van der Waals surface area (Å²) < 4.78 is 0. The van der Waals surface area contributed by atoms with Gasteiger partial charge < -0.3 is 14.8 Å². The van der Waals surface area contributed by atoms with E-state index in [0.29, 0.717) is 16.1 Å². The second-order valence-electron chi connectivity index (χ2n) is 6.01. The van der Waals surface area contributed by atoms with E-state index in [0.717, 1.165) is 6.07 Å². The number of amides is 1. The maximum atomic E-state index is 13.1. The number of halogens is 1. The number of aliphatic carboxylic acids is 1. The Hall–Kier alpha value is -2.58. The summed E-state index contributed by atoms with van der Waals surface area (Å²) in [5, 5.41) is 22.5. The van der Waals surface area contributed by atoms with Gasteiger partial charge in [-0.25, -0.2) is 0 Å². The van der Waals surface area contributed by atoms with Crippen LogP contribution >= 0.6 is 23.4 Å². The van der Waals surface area contributed by atoms with Crippen LogP contribution in [0.2, 0.25) is 5.02 Å². The molecule has 9 heteroatoms. The van der Waals surface area contributed by atoms with Gasteiger partial charge in [0.15, 0.2) is 0 Å². The molecule has 0 N–H and O–H groups in total. The van der Waals surface area contributed by atoms with Gasteiger partial charge in [-0.2, -0.15) is 0 Å². The number of nitro groups is 1. The van der Waals surface area contributed by atoms with Gasteiger partial charge in [0.05, 0.1) is 16.9 Å². The van der Waals surface area contributed by atoms with Gasteiger partial charge in [-0.05, 0) is 19.1 Å². The number of carbonyl (C=O) groups excluding carboxylic acids is 2. The molecule has 0 unspecified atom stereocenters. The Balaban J connectivity index is 2.05. The van der Waals surface area contributed by atoms with E-state index in [1.165, 1.54) is 28.8 Å². The molecule has 1 fully saturated rings. The van der Waals surface area contributed by atoms with Crippen LogP contribution in [-0.2, 0) is 4.79 Å². The molecule has 1 amide bonds. The minimum Gasteiger partial charge on any atom is -0.548 e. The maximum absolute atomic E-state index is 13.1. The van der Waals surface area contributed by atoms with E-state index in [9.17, 15) is 24.8 Å². The van der Waals surface area contributed by atoms with Crippen molar-refractivity contribution in [3.63, 3.8) is 0 Å². The standard InChI is InChI=1S/C18H15ClN2O5S/c1-10-6-7-11(8-14(10)21(25)26)16(22)20-15(18(23)24)9-27-17(20)12-4-2-3-5-13(12)19/h2-8,15,17H,9H2,1H3,(H,23,24)/p-1/t15-,17+/m0/s1. The molecule has 2 aromatic carbocycles. The van der Waals surface area contributed by atoms with E-state index in [2.05, 4.69) is 0 Å². The molecule has 3 rings (SSSR count). The van der Waals surface area contributed by atoms with Crippen molar-refractivity contribution >= 4 is 40.9 Å². The number of nitro benzene ring substituents is 1. The third-order valence-corrected chi connectivity index (χ3v) is 5.98. The van der Waals surface area contributed by atoms with Crippen LogP contribution < -0.4 is 5.11 Å². The molecule has 0 radical (unpaired) electrons. The number of hydrogen-bond acceptors (Lipinski definition) is 6. The summed E-state index contributed by atoms with van der Waals surface area (Å²) in [7, 11) is 0. The van der Waals surface area contributed by atoms with Gasteiger partial charge in [0.1, 0.15) is 5.37 Å². The summed E-state index contributed by atoms with van der Waals surface area (Å²) in [6.07, 6.45) is 0. The zero-order valence-electron chi connectivity index (χ0n) is 14.1. The minimum absolute atomic E-state index is 0.0399. The highest BCUT2D eigenvalue weighted by Gasteiger charge is 2.40. The molecule has 2 aromatic rings. The van der Waals surface area contributed by atoms with Gasteiger partial charge in [0.2, 0.25) is 0 Å². The highest BCUT2D eigenvalue weighted by molar-refractivity contribution is 7.99. The lowest BCUT2D eigenvalue weighted by Gasteiger charge is -2.30. The monoisotopic (exact) mass is 405 g/mol. The fraction of sp³-hybridized carbons (Fsp3) is 0.222. The predicted octanol–water partition coefficient (Wildman–Crippen LogP) is 2.56. The topological polar surface area (TPSA) is 104 Å². The molecule has 0 saturated carbocycles. The molecule has 27 heavy (non-hydrogen) atoms. The van der Waals surface area contributed by atoms with Gasteiger partial charge in [-0.1, -0.05) is 35.9 Å². The Morgan fingerprint density at radius 3 is 2.59 bits per heavy atom. The van der Waals surface area contributed by atoms with Crippen molar-refractivity contribution in [2.24, 2.45) is 0 Å². The van der Waals surface area contributed by atoms with Crippen LogP contribution in [-0.4, -0.2) is 33.5 Å². The first-order valence-electron chi connectivity index (χ1n) is 7.96. The normalized spacial score (nSPS) is 19.1. The molecular weight excluding hydrogens is 392 g/mol. The summed E-state index contributed by atoms with van der Waals surface area (Å²) in [5.74, 6) is -1.87. The average Bonchev–Trinajstić information content (AvgIpc) is 3.06. The van der Waals surface area contributed by atoms with Crippen molar-refractivity contribution in [2.75, 3.05) is 5.75 Å². The molecule has 140 valence electrons. The van der Waals surface area contributed by atoms with Gasteiger partial charge >= 0.3 is 0 Å². The molecule has 2 atom stereocenters. The lowest BCUT2D eigenvalue weighted by Crippen LogP contribution is -2.49. The predicted molar refractivity (Wildman–Crippen MR) is 99.4 cm³/mol. The van der Waals surface area contributed by atoms with Crippen molar-refractivity contribution in [3.05, 3.63) is 74.3 Å². The molecule has 0 aromatic heterocycles. The average molecular weight is 406 g/mol. The zero-order chi connectivity index (χ0) is 19.7. The van der Waals surface area contributed by atoms with E-state index in [4.69, 9.17) is 11.6 Å². The number of carbonyl (C=O) groups is 2. The number of carboxylic acids is 1. The minimum atomic E-state index is -1.38. The molecule has 1 aliphatic rings. The van der Waals surface area contributed by atoms with Crippen molar-refractivity contribution in [1.82, 2.24) is 4.90 Å². The third kappa shape index (κ3) is 3.63. The molecule has 0 bridgehead atoms. The second kappa shape index (κ2) is 7.58. The number of benzene rings is 2. The third-order valence-electron chi connectivity index (χ3n) is 4.33. The maximum Gasteiger partial charge on any atom is 0.273 e. The van der Waals surface area contributed by atoms with E-state index in [1.54, 1.807) is 31.2 Å². The number of aryl methyl sites for hydroxylation is 1. The Kier molecular flexibility index (Phi) is 5.38. The lowest BCUT2D eigenvalue weighted by atomic mass is 10.1. The Labute approximate surface area is 164 Å². The Morgan fingerprint density at radius 1 is 1.26 bits per heavy atom. The first-order valence-corrected chi connectivity index (χ1v) is 9.38. The van der Waals surface area contributed by atoms with Crippen LogP contribution in [0.3, 0.4) is 0 Å². The summed E-state index contributed by atoms with van der Waals surface area (Å²) >= 11 is 7.49. The van der Waals surface area contributed by atoms with Crippen molar-refractivity contribution in [1.29, 1.82) is 0 Å². The second-order valence-corrected chi connectivity index (χ2v) is 7.53. The van der Waals surface area contributed by atoms with Crippen LogP contribution in [0, 0.1) is 17.0 Å². The number of thioether (sulfide) groups is 1. The highest BCUT2D eigenvalue weighted by Crippen LogP contribution is 2.44. The smallest absolute Gasteiger partial charge is 0.273 e. The summed E-state index contributed by atoms with van der Waals surface area (Å²) in [5.41, 5.74) is 0.847. The van der Waals surface area contributed by atoms with Crippen molar-refractivity contribution < 1.29 is 19.6 Å². The van der Waals surface area contributed by atoms with Crippen LogP contribution in [0.1, 0.15) is 26.9 Å². The van der Waals surface area contributed by atoms with Gasteiger partial charge in [0.25, 0.3) is 11.6 Å². The molecule has 1 heterocycles. The van der Waals surface area contributed by atoms with Gasteiger partial charge in [0, 0.05) is 33.5 Å². The zero-order valence-corrected chi connectivity index (χ0v) is 15.7. The molecule has 7 nitrogen and oxygen atoms in total. The van der Waals surface area contributed by atoms with E-state index >= 15 is 0 Å². The molecule has 0 aliphatic carbocycles. The van der Waals surface area contributed by atoms with Gasteiger partial charge in [-0.3, -0.25) is 14.9 Å². The van der Waals surface area contributed by atoms with Crippen LogP contribution in [0.4, 0.5) is 5.69 Å². The van der Waals surface area contributed by atoms with Crippen LogP contribution in [0.25, 0.3) is 0 Å². The van der Waals surface area contributed by atoms with Crippen molar-refractivity contribution in [2.45, 2.75) is 18.3 Å². The first kappa shape index (κ1) is 19.2. The fourth-order valence-electron chi connectivity index (χ4n) is 2.94. The largest absolute Gasteiger partial charge is 0.548 e. The lowest BCUT2D eigenvalue weighted by molar-refractivity contribution is -0.385. The fourth-order valence-corrected chi connectivity index (χ4v) is 4.69. The number of nitrogens with zero attached hydrogens (tertiary/aromatic N) is 2. The molecule has 0 spiro atoms. The van der Waals surface area contributed by atoms with E-state index in [1.807, 2.05) is 0 Å². The van der Waals surface area contributed by atoms with E-state index in [-0.39, 0.29) is 17.0 Å². The Bertz CT molecular complexity index is 936. The number of rotatable bonds is 4.